The number of hydrogen-bond acceptors (Lipinski definition) is 3. The van der Waals surface area contributed by atoms with Gasteiger partial charge in [-0.25, -0.2) is 4.39 Å². The number of benzene rings is 1. The van der Waals surface area contributed by atoms with Crippen LogP contribution in [-0.2, 0) is 16.0 Å². The van der Waals surface area contributed by atoms with Crippen molar-refractivity contribution in [3.05, 3.63) is 41.8 Å². The number of H-pyrrole nitrogens is 1. The lowest BCUT2D eigenvalue weighted by molar-refractivity contribution is -0.143. The molecular formula is C14H15FN2O2. The number of esters is 1. The van der Waals surface area contributed by atoms with Gasteiger partial charge in [0, 0.05) is 12.0 Å². The second kappa shape index (κ2) is 6.13. The number of aryl methyl sites for hydroxylation is 1. The molecule has 0 bridgehead atoms. The summed E-state index contributed by atoms with van der Waals surface area (Å²) in [6.45, 7) is 2.16. The number of nitrogens with zero attached hydrogens (tertiary/aromatic N) is 1. The van der Waals surface area contributed by atoms with Crippen LogP contribution in [0.5, 0.6) is 0 Å². The first-order chi connectivity index (χ1) is 9.20. The predicted octanol–water partition coefficient (Wildman–Crippen LogP) is 2.71. The van der Waals surface area contributed by atoms with Gasteiger partial charge in [0.25, 0.3) is 0 Å². The van der Waals surface area contributed by atoms with E-state index in [1.807, 2.05) is 0 Å². The number of hydrogen-bond donors (Lipinski definition) is 1. The quantitative estimate of drug-likeness (QED) is 0.843. The molecule has 0 aliphatic carbocycles. The lowest BCUT2D eigenvalue weighted by atomic mass is 10.0. The topological polar surface area (TPSA) is 55.0 Å². The van der Waals surface area contributed by atoms with E-state index >= 15 is 0 Å². The first-order valence-corrected chi connectivity index (χ1v) is 6.14. The van der Waals surface area contributed by atoms with E-state index in [0.717, 1.165) is 16.8 Å². The van der Waals surface area contributed by atoms with Crippen molar-refractivity contribution >= 4 is 5.97 Å². The van der Waals surface area contributed by atoms with Crippen molar-refractivity contribution in [2.24, 2.45) is 0 Å². The van der Waals surface area contributed by atoms with E-state index in [-0.39, 0.29) is 11.8 Å². The monoisotopic (exact) mass is 262 g/mol. The van der Waals surface area contributed by atoms with Crippen LogP contribution in [0.25, 0.3) is 11.3 Å². The van der Waals surface area contributed by atoms with Gasteiger partial charge in [-0.05, 0) is 43.2 Å². The summed E-state index contributed by atoms with van der Waals surface area (Å²) in [4.78, 5) is 11.3. The molecule has 0 radical (unpaired) electrons. The average Bonchev–Trinajstić information content (AvgIpc) is 2.86. The van der Waals surface area contributed by atoms with Gasteiger partial charge in [-0.1, -0.05) is 0 Å². The van der Waals surface area contributed by atoms with Gasteiger partial charge in [0.2, 0.25) is 0 Å². The Morgan fingerprint density at radius 3 is 2.79 bits per heavy atom. The molecule has 1 N–H and O–H groups in total. The molecule has 2 rings (SSSR count). The molecule has 1 aromatic heterocycles. The van der Waals surface area contributed by atoms with Crippen molar-refractivity contribution in [1.82, 2.24) is 10.2 Å². The lowest BCUT2D eigenvalue weighted by Crippen LogP contribution is -2.05. The standard InChI is InChI=1S/C14H15FN2O2/c1-2-19-13(18)8-5-11-9-16-17-14(11)10-3-6-12(15)7-4-10/h3-4,6-7,9H,2,5,8H2,1H3,(H,16,17). The maximum absolute atomic E-state index is 12.9. The molecule has 0 spiro atoms. The van der Waals surface area contributed by atoms with Crippen LogP contribution in [0.4, 0.5) is 4.39 Å². The zero-order valence-corrected chi connectivity index (χ0v) is 10.6. The Hall–Kier alpha value is -2.17. The fraction of sp³-hybridized carbons (Fsp3) is 0.286. The summed E-state index contributed by atoms with van der Waals surface area (Å²) in [5.41, 5.74) is 2.57. The van der Waals surface area contributed by atoms with E-state index in [1.165, 1.54) is 12.1 Å². The maximum Gasteiger partial charge on any atom is 0.306 e. The van der Waals surface area contributed by atoms with Gasteiger partial charge in [-0.15, -0.1) is 0 Å². The molecule has 0 saturated heterocycles. The number of ether oxygens (including phenoxy) is 1. The van der Waals surface area contributed by atoms with Gasteiger partial charge >= 0.3 is 5.97 Å². The average molecular weight is 262 g/mol. The summed E-state index contributed by atoms with van der Waals surface area (Å²) >= 11 is 0. The summed E-state index contributed by atoms with van der Waals surface area (Å²) in [5.74, 6) is -0.509. The molecule has 4 nitrogen and oxygen atoms in total. The maximum atomic E-state index is 12.9. The Kier molecular flexibility index (Phi) is 4.28. The Labute approximate surface area is 110 Å². The smallest absolute Gasteiger partial charge is 0.306 e. The molecule has 0 atom stereocenters. The van der Waals surface area contributed by atoms with E-state index in [0.29, 0.717) is 19.4 Å². The number of aromatic amines is 1. The fourth-order valence-electron chi connectivity index (χ4n) is 1.84. The SMILES string of the molecule is CCOC(=O)CCc1cn[nH]c1-c1ccc(F)cc1. The first-order valence-electron chi connectivity index (χ1n) is 6.14. The van der Waals surface area contributed by atoms with Crippen molar-refractivity contribution in [1.29, 1.82) is 0 Å². The molecule has 0 saturated carbocycles. The van der Waals surface area contributed by atoms with Gasteiger partial charge in [0.15, 0.2) is 0 Å². The molecule has 0 aliphatic rings. The number of nitrogens with one attached hydrogen (secondary N) is 1. The normalized spacial score (nSPS) is 10.4. The van der Waals surface area contributed by atoms with Crippen LogP contribution >= 0.6 is 0 Å². The van der Waals surface area contributed by atoms with Crippen LogP contribution in [0.3, 0.4) is 0 Å². The van der Waals surface area contributed by atoms with Crippen LogP contribution in [0.2, 0.25) is 0 Å². The summed E-state index contributed by atoms with van der Waals surface area (Å²) in [6.07, 6.45) is 2.53. The van der Waals surface area contributed by atoms with Crippen molar-refractivity contribution in [2.75, 3.05) is 6.61 Å². The third kappa shape index (κ3) is 3.40. The molecule has 19 heavy (non-hydrogen) atoms. The Bertz CT molecular complexity index is 549. The minimum atomic E-state index is -0.281. The molecule has 1 heterocycles. The summed E-state index contributed by atoms with van der Waals surface area (Å²) in [5, 5.41) is 6.85. The largest absolute Gasteiger partial charge is 0.466 e. The number of aromatic nitrogens is 2. The van der Waals surface area contributed by atoms with Crippen LogP contribution in [0.15, 0.2) is 30.5 Å². The predicted molar refractivity (Wildman–Crippen MR) is 68.9 cm³/mol. The van der Waals surface area contributed by atoms with Gasteiger partial charge in [0.05, 0.1) is 18.5 Å². The second-order valence-corrected chi connectivity index (χ2v) is 4.08. The highest BCUT2D eigenvalue weighted by Gasteiger charge is 2.10. The first kappa shape index (κ1) is 13.3. The summed E-state index contributed by atoms with van der Waals surface area (Å²) in [6, 6.07) is 6.14. The molecule has 0 unspecified atom stereocenters. The highest BCUT2D eigenvalue weighted by molar-refractivity contribution is 5.70. The third-order valence-electron chi connectivity index (χ3n) is 2.75. The molecule has 100 valence electrons. The van der Waals surface area contributed by atoms with Gasteiger partial charge in [-0.3, -0.25) is 9.89 Å². The molecular weight excluding hydrogens is 247 g/mol. The van der Waals surface area contributed by atoms with Gasteiger partial charge < -0.3 is 4.74 Å². The summed E-state index contributed by atoms with van der Waals surface area (Å²) < 4.78 is 17.8. The number of rotatable bonds is 5. The minimum absolute atomic E-state index is 0.228. The van der Waals surface area contributed by atoms with Crippen LogP contribution < -0.4 is 0 Å². The van der Waals surface area contributed by atoms with Crippen molar-refractivity contribution in [2.45, 2.75) is 19.8 Å². The molecule has 0 amide bonds. The van der Waals surface area contributed by atoms with Gasteiger partial charge in [-0.2, -0.15) is 5.10 Å². The highest BCUT2D eigenvalue weighted by Crippen LogP contribution is 2.22. The van der Waals surface area contributed by atoms with E-state index in [4.69, 9.17) is 4.74 Å². The Morgan fingerprint density at radius 2 is 2.11 bits per heavy atom. The van der Waals surface area contributed by atoms with E-state index in [1.54, 1.807) is 25.3 Å². The molecule has 2 aromatic rings. The number of carbonyl (C=O) groups is 1. The Morgan fingerprint density at radius 1 is 1.37 bits per heavy atom. The van der Waals surface area contributed by atoms with Crippen molar-refractivity contribution in [3.8, 4) is 11.3 Å². The van der Waals surface area contributed by atoms with Crippen LogP contribution in [0, 0.1) is 5.82 Å². The van der Waals surface area contributed by atoms with Crippen molar-refractivity contribution in [3.63, 3.8) is 0 Å². The molecule has 1 aromatic carbocycles. The van der Waals surface area contributed by atoms with Gasteiger partial charge in [0.1, 0.15) is 5.82 Å². The third-order valence-corrected chi connectivity index (χ3v) is 2.75. The zero-order valence-electron chi connectivity index (χ0n) is 10.6. The lowest BCUT2D eigenvalue weighted by Gasteiger charge is -2.04. The second-order valence-electron chi connectivity index (χ2n) is 4.08. The molecule has 5 heteroatoms. The van der Waals surface area contributed by atoms with E-state index in [2.05, 4.69) is 10.2 Å². The molecule has 0 aliphatic heterocycles. The zero-order chi connectivity index (χ0) is 13.7. The van der Waals surface area contributed by atoms with Crippen LogP contribution in [-0.4, -0.2) is 22.8 Å². The number of carbonyl (C=O) groups excluding carboxylic acids is 1. The van der Waals surface area contributed by atoms with E-state index < -0.39 is 0 Å². The van der Waals surface area contributed by atoms with E-state index in [9.17, 15) is 9.18 Å². The molecule has 0 fully saturated rings. The van der Waals surface area contributed by atoms with Crippen LogP contribution in [0.1, 0.15) is 18.9 Å². The van der Waals surface area contributed by atoms with Crippen molar-refractivity contribution < 1.29 is 13.9 Å². The summed E-state index contributed by atoms with van der Waals surface area (Å²) in [7, 11) is 0. The highest BCUT2D eigenvalue weighted by atomic mass is 19.1. The fourth-order valence-corrected chi connectivity index (χ4v) is 1.84. The number of halogens is 1. The Balaban J connectivity index is 2.09. The minimum Gasteiger partial charge on any atom is -0.466 e.